The highest BCUT2D eigenvalue weighted by Crippen LogP contribution is 2.33. The van der Waals surface area contributed by atoms with E-state index in [1.165, 1.54) is 18.3 Å². The molecule has 1 fully saturated rings. The first-order valence-corrected chi connectivity index (χ1v) is 11.3. The number of carbonyl (C=O) groups excluding carboxylic acids is 2. The first kappa shape index (κ1) is 23.8. The van der Waals surface area contributed by atoms with Crippen LogP contribution < -0.4 is 10.6 Å². The Morgan fingerprint density at radius 3 is 2.62 bits per heavy atom. The molecule has 10 heteroatoms. The van der Waals surface area contributed by atoms with E-state index < -0.39 is 17.8 Å². The number of amides is 2. The van der Waals surface area contributed by atoms with Crippen molar-refractivity contribution in [2.24, 2.45) is 5.92 Å². The van der Waals surface area contributed by atoms with E-state index in [2.05, 4.69) is 25.8 Å². The molecule has 0 aliphatic heterocycles. The fraction of sp³-hybridized carbons (Fsp3) is 0.375. The molecule has 178 valence electrons. The SMILES string of the molecule is C[C@H](NC(=O)c1nc(C(C)(C)C)no1)c1cc(F)c(-c2ccnc(NC(=O)C3CC3)c2)cc1Cl. The molecule has 1 saturated carbocycles. The van der Waals surface area contributed by atoms with Crippen LogP contribution >= 0.6 is 11.6 Å². The van der Waals surface area contributed by atoms with E-state index in [-0.39, 0.29) is 33.7 Å². The maximum Gasteiger partial charge on any atom is 0.315 e. The second kappa shape index (κ2) is 9.13. The minimum absolute atomic E-state index is 0.0276. The van der Waals surface area contributed by atoms with Crippen molar-refractivity contribution in [3.05, 3.63) is 58.6 Å². The quantitative estimate of drug-likeness (QED) is 0.505. The lowest BCUT2D eigenvalue weighted by Crippen LogP contribution is -2.27. The lowest BCUT2D eigenvalue weighted by atomic mass is 9.96. The first-order chi connectivity index (χ1) is 16.0. The Labute approximate surface area is 201 Å². The van der Waals surface area contributed by atoms with Crippen molar-refractivity contribution in [1.82, 2.24) is 20.4 Å². The van der Waals surface area contributed by atoms with Gasteiger partial charge in [-0.25, -0.2) is 9.37 Å². The summed E-state index contributed by atoms with van der Waals surface area (Å²) in [5, 5.41) is 9.57. The topological polar surface area (TPSA) is 110 Å². The molecule has 2 aromatic heterocycles. The van der Waals surface area contributed by atoms with Gasteiger partial charge in [-0.1, -0.05) is 37.5 Å². The van der Waals surface area contributed by atoms with Crippen LogP contribution in [-0.2, 0) is 10.2 Å². The molecule has 2 N–H and O–H groups in total. The van der Waals surface area contributed by atoms with Crippen LogP contribution in [0.3, 0.4) is 0 Å². The van der Waals surface area contributed by atoms with Gasteiger partial charge >= 0.3 is 11.8 Å². The second-order valence-electron chi connectivity index (χ2n) is 9.42. The standard InChI is InChI=1S/C24H25ClFN5O3/c1-12(28-21(33)22-30-23(31-34-22)24(2,3)4)15-11-18(26)16(10-17(15)25)14-7-8-27-19(9-14)29-20(32)13-5-6-13/h7-13H,5-6H2,1-4H3,(H,28,33)(H,27,29,32)/t12-/m0/s1. The average molecular weight is 486 g/mol. The lowest BCUT2D eigenvalue weighted by Gasteiger charge is -2.16. The first-order valence-electron chi connectivity index (χ1n) is 10.9. The van der Waals surface area contributed by atoms with Gasteiger partial charge in [-0.15, -0.1) is 0 Å². The second-order valence-corrected chi connectivity index (χ2v) is 9.82. The van der Waals surface area contributed by atoms with E-state index >= 15 is 4.39 Å². The number of hydrogen-bond donors (Lipinski definition) is 2. The summed E-state index contributed by atoms with van der Waals surface area (Å²) >= 11 is 6.46. The van der Waals surface area contributed by atoms with Crippen molar-refractivity contribution >= 4 is 29.2 Å². The van der Waals surface area contributed by atoms with Gasteiger partial charge in [0.2, 0.25) is 5.91 Å². The number of halogens is 2. The number of rotatable bonds is 6. The predicted octanol–water partition coefficient (Wildman–Crippen LogP) is 5.06. The number of anilines is 1. The van der Waals surface area contributed by atoms with E-state index in [9.17, 15) is 9.59 Å². The predicted molar refractivity (Wildman–Crippen MR) is 125 cm³/mol. The van der Waals surface area contributed by atoms with Crippen molar-refractivity contribution in [2.75, 3.05) is 5.32 Å². The van der Waals surface area contributed by atoms with Gasteiger partial charge < -0.3 is 15.2 Å². The Morgan fingerprint density at radius 2 is 1.97 bits per heavy atom. The minimum Gasteiger partial charge on any atom is -0.341 e. The zero-order valence-electron chi connectivity index (χ0n) is 19.3. The van der Waals surface area contributed by atoms with Gasteiger partial charge in [0.15, 0.2) is 5.82 Å². The normalized spacial score (nSPS) is 14.5. The molecular weight excluding hydrogens is 461 g/mol. The Bertz CT molecular complexity index is 1250. The van der Waals surface area contributed by atoms with Gasteiger partial charge in [-0.2, -0.15) is 4.98 Å². The number of hydrogen-bond acceptors (Lipinski definition) is 6. The lowest BCUT2D eigenvalue weighted by molar-refractivity contribution is -0.117. The number of benzene rings is 1. The highest BCUT2D eigenvalue weighted by atomic mass is 35.5. The zero-order chi connectivity index (χ0) is 24.6. The number of aromatic nitrogens is 3. The number of pyridine rings is 1. The average Bonchev–Trinajstić information content (AvgIpc) is 3.50. The molecule has 0 unspecified atom stereocenters. The van der Waals surface area contributed by atoms with E-state index in [1.807, 2.05) is 20.8 Å². The smallest absolute Gasteiger partial charge is 0.315 e. The van der Waals surface area contributed by atoms with Crippen molar-refractivity contribution in [2.45, 2.75) is 52.0 Å². The molecular formula is C24H25ClFN5O3. The van der Waals surface area contributed by atoms with Crippen molar-refractivity contribution in [3.8, 4) is 11.1 Å². The summed E-state index contributed by atoms with van der Waals surface area (Å²) in [7, 11) is 0. The maximum atomic E-state index is 15.1. The Kier molecular flexibility index (Phi) is 6.40. The van der Waals surface area contributed by atoms with Crippen LogP contribution in [0.25, 0.3) is 11.1 Å². The fourth-order valence-electron chi connectivity index (χ4n) is 3.31. The molecule has 0 saturated heterocycles. The molecule has 1 aliphatic carbocycles. The summed E-state index contributed by atoms with van der Waals surface area (Å²) in [6, 6.07) is 5.37. The molecule has 2 amide bonds. The summed E-state index contributed by atoms with van der Waals surface area (Å²) in [6.07, 6.45) is 3.24. The third-order valence-corrected chi connectivity index (χ3v) is 5.79. The molecule has 0 radical (unpaired) electrons. The Morgan fingerprint density at radius 1 is 1.24 bits per heavy atom. The van der Waals surface area contributed by atoms with Gasteiger partial charge in [0.05, 0.1) is 6.04 Å². The third kappa shape index (κ3) is 5.25. The van der Waals surface area contributed by atoms with Crippen molar-refractivity contribution in [3.63, 3.8) is 0 Å². The van der Waals surface area contributed by atoms with Gasteiger partial charge in [-0.3, -0.25) is 9.59 Å². The maximum absolute atomic E-state index is 15.1. The zero-order valence-corrected chi connectivity index (χ0v) is 20.0. The van der Waals surface area contributed by atoms with Crippen LogP contribution in [0.2, 0.25) is 5.02 Å². The Hall–Kier alpha value is -3.33. The molecule has 2 heterocycles. The van der Waals surface area contributed by atoms with Crippen molar-refractivity contribution < 1.29 is 18.5 Å². The molecule has 34 heavy (non-hydrogen) atoms. The van der Waals surface area contributed by atoms with Gasteiger partial charge in [-0.05, 0) is 55.2 Å². The van der Waals surface area contributed by atoms with Crippen LogP contribution in [0.4, 0.5) is 10.2 Å². The highest BCUT2D eigenvalue weighted by Gasteiger charge is 2.30. The van der Waals surface area contributed by atoms with E-state index in [4.69, 9.17) is 16.1 Å². The molecule has 4 rings (SSSR count). The molecule has 1 aromatic carbocycles. The van der Waals surface area contributed by atoms with Crippen LogP contribution in [0.15, 0.2) is 35.0 Å². The molecule has 8 nitrogen and oxygen atoms in total. The Balaban J connectivity index is 1.51. The van der Waals surface area contributed by atoms with Crippen LogP contribution in [0.1, 0.15) is 68.7 Å². The van der Waals surface area contributed by atoms with Crippen molar-refractivity contribution in [1.29, 1.82) is 0 Å². The van der Waals surface area contributed by atoms with Gasteiger partial charge in [0.1, 0.15) is 11.6 Å². The highest BCUT2D eigenvalue weighted by molar-refractivity contribution is 6.31. The van der Waals surface area contributed by atoms with E-state index in [0.717, 1.165) is 12.8 Å². The summed E-state index contributed by atoms with van der Waals surface area (Å²) in [5.74, 6) is -0.589. The summed E-state index contributed by atoms with van der Waals surface area (Å²) in [5.41, 5.74) is 0.791. The number of carbonyl (C=O) groups is 2. The van der Waals surface area contributed by atoms with Crippen LogP contribution in [-0.4, -0.2) is 26.9 Å². The largest absolute Gasteiger partial charge is 0.341 e. The van der Waals surface area contributed by atoms with Crippen LogP contribution in [0, 0.1) is 11.7 Å². The van der Waals surface area contributed by atoms with E-state index in [1.54, 1.807) is 19.1 Å². The molecule has 3 aromatic rings. The summed E-state index contributed by atoms with van der Waals surface area (Å²) < 4.78 is 20.1. The van der Waals surface area contributed by atoms with Gasteiger partial charge in [0.25, 0.3) is 0 Å². The van der Waals surface area contributed by atoms with Crippen LogP contribution in [0.5, 0.6) is 0 Å². The third-order valence-electron chi connectivity index (χ3n) is 5.46. The summed E-state index contributed by atoms with van der Waals surface area (Å²) in [6.45, 7) is 7.38. The molecule has 0 bridgehead atoms. The fourth-order valence-corrected chi connectivity index (χ4v) is 3.64. The summed E-state index contributed by atoms with van der Waals surface area (Å²) in [4.78, 5) is 32.8. The van der Waals surface area contributed by atoms with E-state index in [0.29, 0.717) is 22.8 Å². The molecule has 0 spiro atoms. The molecule has 1 atom stereocenters. The van der Waals surface area contributed by atoms with Gasteiger partial charge in [0, 0.05) is 28.1 Å². The number of nitrogens with one attached hydrogen (secondary N) is 2. The monoisotopic (exact) mass is 485 g/mol. The number of nitrogens with zero attached hydrogens (tertiary/aromatic N) is 3. The minimum atomic E-state index is -0.626. The molecule has 1 aliphatic rings.